The fourth-order valence-corrected chi connectivity index (χ4v) is 7.40. The molecule has 0 aromatic heterocycles. The summed E-state index contributed by atoms with van der Waals surface area (Å²) in [6, 6.07) is 8.34. The molecule has 0 radical (unpaired) electrons. The Hall–Kier alpha value is -2.89. The first kappa shape index (κ1) is 33.0. The van der Waals surface area contributed by atoms with Crippen molar-refractivity contribution in [3.63, 3.8) is 0 Å². The third-order valence-corrected chi connectivity index (χ3v) is 9.84. The largest absolute Gasteiger partial charge is 0.458 e. The van der Waals surface area contributed by atoms with Gasteiger partial charge in [0.1, 0.15) is 18.3 Å². The van der Waals surface area contributed by atoms with Crippen LogP contribution in [0.3, 0.4) is 0 Å². The lowest BCUT2D eigenvalue weighted by atomic mass is 9.57. The smallest absolute Gasteiger partial charge is 0.337 e. The van der Waals surface area contributed by atoms with Crippen LogP contribution in [-0.2, 0) is 23.9 Å². The molecule has 4 rings (SSSR count). The van der Waals surface area contributed by atoms with Crippen LogP contribution in [0.2, 0.25) is 0 Å². The third-order valence-electron chi connectivity index (χ3n) is 9.84. The highest BCUT2D eigenvalue weighted by Crippen LogP contribution is 2.52. The minimum atomic E-state index is -1.62. The molecule has 1 fully saturated rings. The minimum absolute atomic E-state index is 0.0716. The van der Waals surface area contributed by atoms with E-state index in [9.17, 15) is 34.8 Å². The van der Waals surface area contributed by atoms with E-state index in [2.05, 4.69) is 0 Å². The van der Waals surface area contributed by atoms with Crippen molar-refractivity contribution in [3.05, 3.63) is 58.7 Å². The normalized spacial score (nSPS) is 35.0. The molecule has 0 saturated heterocycles. The summed E-state index contributed by atoms with van der Waals surface area (Å²) < 4.78 is 11.4. The summed E-state index contributed by atoms with van der Waals surface area (Å²) in [5, 5.41) is 45.7. The molecule has 0 spiro atoms. The summed E-state index contributed by atoms with van der Waals surface area (Å²) in [7, 11) is 3.47. The molecular weight excluding hydrogens is 554 g/mol. The fourth-order valence-electron chi connectivity index (χ4n) is 7.40. The van der Waals surface area contributed by atoms with Gasteiger partial charge in [0.2, 0.25) is 0 Å². The highest BCUT2D eigenvalue weighted by Gasteiger charge is 2.55. The van der Waals surface area contributed by atoms with Crippen LogP contribution < -0.4 is 0 Å². The number of benzene rings is 1. The van der Waals surface area contributed by atoms with E-state index in [0.717, 1.165) is 0 Å². The summed E-state index contributed by atoms with van der Waals surface area (Å²) in [4.78, 5) is 41.0. The molecule has 1 saturated carbocycles. The molecule has 4 bridgehead atoms. The number of nitrogens with zero attached hydrogens (tertiary/aromatic N) is 1. The molecule has 4 N–H and O–H groups in total. The SMILES string of the molecule is CC(=O)OC1C[C@H]2C(O)/C=C3\C[C@](C)(C(=O)C(O)C(=C1C)C2(C)C)C(O)CC3OC(=O)[C@@H](O)[C@H](c1ccccc1)N(C)C. The molecule has 3 aliphatic rings. The van der Waals surface area contributed by atoms with Crippen molar-refractivity contribution in [3.8, 4) is 0 Å². The maximum atomic E-state index is 14.0. The summed E-state index contributed by atoms with van der Waals surface area (Å²) >= 11 is 0. The van der Waals surface area contributed by atoms with Crippen LogP contribution in [0.4, 0.5) is 0 Å². The maximum Gasteiger partial charge on any atom is 0.337 e. The van der Waals surface area contributed by atoms with Gasteiger partial charge in [-0.1, -0.05) is 50.3 Å². The molecule has 0 amide bonds. The summed E-state index contributed by atoms with van der Waals surface area (Å²) in [6.07, 6.45) is -5.82. The van der Waals surface area contributed by atoms with Crippen molar-refractivity contribution < 1.29 is 44.3 Å². The van der Waals surface area contributed by atoms with Gasteiger partial charge in [0.05, 0.1) is 23.7 Å². The number of carbonyl (C=O) groups excluding carboxylic acids is 3. The molecule has 9 atom stereocenters. The fraction of sp³-hybridized carbons (Fsp3) is 0.606. The number of aliphatic hydroxyl groups excluding tert-OH is 4. The van der Waals surface area contributed by atoms with Crippen LogP contribution in [-0.4, -0.2) is 93.8 Å². The van der Waals surface area contributed by atoms with Gasteiger partial charge in [0.25, 0.3) is 0 Å². The number of hydrogen-bond donors (Lipinski definition) is 4. The molecule has 5 unspecified atom stereocenters. The standard InChI is InChI=1S/C33H45NO9/c1-17-23(42-18(2)35)14-21-22(36)13-20-16-33(5,30(40)28(38)26(17)32(21,3)4)25(37)15-24(20)43-31(41)29(39)27(34(6)7)19-11-9-8-10-12-19/h8-13,21-25,27-29,36-39H,14-16H2,1-7H3/b20-13+/t21-,22?,23?,24?,25?,27-,28?,29-,33-/m0/s1. The van der Waals surface area contributed by atoms with Crippen molar-refractivity contribution in [1.82, 2.24) is 4.90 Å². The first-order valence-electron chi connectivity index (χ1n) is 14.8. The summed E-state index contributed by atoms with van der Waals surface area (Å²) in [6.45, 7) is 8.20. The Bertz CT molecular complexity index is 1300. The van der Waals surface area contributed by atoms with Crippen LogP contribution in [0.1, 0.15) is 65.5 Å². The van der Waals surface area contributed by atoms with E-state index in [1.54, 1.807) is 63.2 Å². The zero-order chi connectivity index (χ0) is 32.0. The average molecular weight is 600 g/mol. The average Bonchev–Trinajstić information content (AvgIpc) is 2.91. The summed E-state index contributed by atoms with van der Waals surface area (Å²) in [5.41, 5.74) is -0.308. The quantitative estimate of drug-likeness (QED) is 0.283. The zero-order valence-electron chi connectivity index (χ0n) is 26.0. The topological polar surface area (TPSA) is 154 Å². The second-order valence-electron chi connectivity index (χ2n) is 13.3. The van der Waals surface area contributed by atoms with E-state index in [0.29, 0.717) is 22.3 Å². The van der Waals surface area contributed by atoms with Crippen molar-refractivity contribution in [2.45, 2.75) is 96.5 Å². The Balaban J connectivity index is 1.74. The molecule has 1 aromatic carbocycles. The van der Waals surface area contributed by atoms with Gasteiger partial charge < -0.3 is 29.9 Å². The Morgan fingerprint density at radius 2 is 1.63 bits per heavy atom. The number of rotatable bonds is 6. The van der Waals surface area contributed by atoms with Gasteiger partial charge in [-0.05, 0) is 68.5 Å². The van der Waals surface area contributed by atoms with E-state index >= 15 is 0 Å². The summed E-state index contributed by atoms with van der Waals surface area (Å²) in [5.74, 6) is -2.61. The molecule has 1 aromatic rings. The number of likely N-dealkylation sites (N-methyl/N-ethyl adjacent to an activating group) is 1. The zero-order valence-corrected chi connectivity index (χ0v) is 26.0. The van der Waals surface area contributed by atoms with Crippen molar-refractivity contribution in [2.75, 3.05) is 14.1 Å². The van der Waals surface area contributed by atoms with E-state index in [1.165, 1.54) is 6.92 Å². The van der Waals surface area contributed by atoms with Crippen LogP contribution in [0.5, 0.6) is 0 Å². The van der Waals surface area contributed by atoms with Gasteiger partial charge in [-0.2, -0.15) is 0 Å². The van der Waals surface area contributed by atoms with E-state index < -0.39 is 77.1 Å². The highest BCUT2D eigenvalue weighted by atomic mass is 16.6. The first-order valence-corrected chi connectivity index (χ1v) is 14.8. The maximum absolute atomic E-state index is 14.0. The van der Waals surface area contributed by atoms with Crippen LogP contribution >= 0.6 is 0 Å². The first-order chi connectivity index (χ1) is 20.0. The van der Waals surface area contributed by atoms with Gasteiger partial charge in [-0.25, -0.2) is 4.79 Å². The lowest BCUT2D eigenvalue weighted by Gasteiger charge is -2.50. The van der Waals surface area contributed by atoms with Crippen LogP contribution in [0.15, 0.2) is 53.1 Å². The van der Waals surface area contributed by atoms with Gasteiger partial charge in [-0.3, -0.25) is 14.5 Å². The number of aliphatic hydroxyl groups is 4. The second kappa shape index (κ2) is 12.2. The predicted octanol–water partition coefficient (Wildman–Crippen LogP) is 2.25. The molecule has 0 aliphatic heterocycles. The Morgan fingerprint density at radius 3 is 2.21 bits per heavy atom. The predicted molar refractivity (Wildman–Crippen MR) is 157 cm³/mol. The Labute approximate surface area is 253 Å². The van der Waals surface area contributed by atoms with E-state index in [1.807, 2.05) is 19.9 Å². The molecule has 10 heteroatoms. The molecule has 3 aliphatic carbocycles. The minimum Gasteiger partial charge on any atom is -0.458 e. The van der Waals surface area contributed by atoms with Crippen molar-refractivity contribution in [1.29, 1.82) is 0 Å². The van der Waals surface area contributed by atoms with Crippen LogP contribution in [0.25, 0.3) is 0 Å². The molecule has 10 nitrogen and oxygen atoms in total. The monoisotopic (exact) mass is 599 g/mol. The van der Waals surface area contributed by atoms with Crippen LogP contribution in [0, 0.1) is 16.7 Å². The number of fused-ring (bicyclic) bond motifs is 4. The Morgan fingerprint density at radius 1 is 1.00 bits per heavy atom. The Kier molecular flexibility index (Phi) is 9.40. The number of esters is 2. The van der Waals surface area contributed by atoms with Gasteiger partial charge >= 0.3 is 11.9 Å². The van der Waals surface area contributed by atoms with Crippen molar-refractivity contribution >= 4 is 17.7 Å². The van der Waals surface area contributed by atoms with Gasteiger partial charge in [0.15, 0.2) is 11.9 Å². The highest BCUT2D eigenvalue weighted by molar-refractivity contribution is 5.92. The molecule has 236 valence electrons. The molecule has 0 heterocycles. The number of hydrogen-bond acceptors (Lipinski definition) is 10. The molecule has 43 heavy (non-hydrogen) atoms. The molecular formula is C33H45NO9. The lowest BCUT2D eigenvalue weighted by molar-refractivity contribution is -0.166. The van der Waals surface area contributed by atoms with E-state index in [4.69, 9.17) is 9.47 Å². The number of Topliss-reactive ketones (excluding diaryl/α,β-unsaturated/α-hetero) is 1. The van der Waals surface area contributed by atoms with E-state index in [-0.39, 0.29) is 19.3 Å². The van der Waals surface area contributed by atoms with Gasteiger partial charge in [0, 0.05) is 19.3 Å². The second-order valence-corrected chi connectivity index (χ2v) is 13.3. The number of ether oxygens (including phenoxy) is 2. The van der Waals surface area contributed by atoms with Gasteiger partial charge in [-0.15, -0.1) is 0 Å². The number of ketones is 1. The number of carbonyl (C=O) groups is 3. The third kappa shape index (κ3) is 6.08. The van der Waals surface area contributed by atoms with Crippen molar-refractivity contribution in [2.24, 2.45) is 16.7 Å². The lowest BCUT2D eigenvalue weighted by Crippen LogP contribution is -2.56.